The molecular weight excluding hydrogens is 477 g/mol. The number of carbonyl (C=O) groups is 1. The molecule has 7 nitrogen and oxygen atoms in total. The number of anilines is 1. The van der Waals surface area contributed by atoms with E-state index in [-0.39, 0.29) is 5.13 Å². The third-order valence-corrected chi connectivity index (χ3v) is 6.98. The molecule has 2 N–H and O–H groups in total. The minimum absolute atomic E-state index is 0.166. The molecule has 176 valence electrons. The van der Waals surface area contributed by atoms with Crippen LogP contribution in [-0.2, 0) is 21.0 Å². The molecule has 0 aliphatic heterocycles. The Bertz CT molecular complexity index is 1240. The summed E-state index contributed by atoms with van der Waals surface area (Å²) in [7, 11) is -4.41. The van der Waals surface area contributed by atoms with E-state index < -0.39 is 44.5 Å². The zero-order chi connectivity index (χ0) is 24.4. The van der Waals surface area contributed by atoms with Gasteiger partial charge in [-0.05, 0) is 31.0 Å². The van der Waals surface area contributed by atoms with Crippen molar-refractivity contribution in [3.05, 3.63) is 59.7 Å². The Labute approximate surface area is 193 Å². The van der Waals surface area contributed by atoms with Crippen molar-refractivity contribution in [1.82, 2.24) is 14.9 Å². The van der Waals surface area contributed by atoms with Crippen molar-refractivity contribution >= 4 is 32.4 Å². The van der Waals surface area contributed by atoms with Gasteiger partial charge in [0.1, 0.15) is 11.0 Å². The van der Waals surface area contributed by atoms with Crippen LogP contribution in [0.3, 0.4) is 0 Å². The van der Waals surface area contributed by atoms with E-state index in [0.717, 1.165) is 40.7 Å². The van der Waals surface area contributed by atoms with Crippen LogP contribution in [0.1, 0.15) is 25.0 Å². The molecule has 0 spiro atoms. The Balaban J connectivity index is 1.78. The van der Waals surface area contributed by atoms with Gasteiger partial charge in [0, 0.05) is 5.56 Å². The fourth-order valence-corrected chi connectivity index (χ4v) is 4.98. The molecule has 0 radical (unpaired) electrons. The number of rotatable bonds is 7. The Morgan fingerprint density at radius 3 is 2.33 bits per heavy atom. The molecule has 33 heavy (non-hydrogen) atoms. The number of aromatic nitrogens is 2. The van der Waals surface area contributed by atoms with Crippen LogP contribution in [0.2, 0.25) is 0 Å². The second-order valence-electron chi connectivity index (χ2n) is 7.64. The van der Waals surface area contributed by atoms with Gasteiger partial charge in [0.2, 0.25) is 21.1 Å². The highest BCUT2D eigenvalue weighted by molar-refractivity contribution is 7.89. The summed E-state index contributed by atoms with van der Waals surface area (Å²) in [5.74, 6) is -1.21. The first-order chi connectivity index (χ1) is 15.4. The quantitative estimate of drug-likeness (QED) is 0.501. The molecular formula is C21H21F3N4O3S2. The normalized spacial score (nSPS) is 13.2. The predicted octanol–water partition coefficient (Wildman–Crippen LogP) is 4.47. The predicted molar refractivity (Wildman–Crippen MR) is 119 cm³/mol. The number of sulfonamides is 1. The molecule has 3 rings (SSSR count). The summed E-state index contributed by atoms with van der Waals surface area (Å²) in [5.41, 5.74) is 0.780. The van der Waals surface area contributed by atoms with E-state index in [2.05, 4.69) is 20.2 Å². The third-order valence-electron chi connectivity index (χ3n) is 4.66. The number of nitrogens with zero attached hydrogens (tertiary/aromatic N) is 2. The highest BCUT2D eigenvalue weighted by Gasteiger charge is 2.33. The average molecular weight is 499 g/mol. The van der Waals surface area contributed by atoms with Crippen molar-refractivity contribution in [1.29, 1.82) is 0 Å². The van der Waals surface area contributed by atoms with E-state index in [9.17, 15) is 26.4 Å². The second-order valence-corrected chi connectivity index (χ2v) is 10.3. The maximum absolute atomic E-state index is 13.0. The number of amides is 1. The Kier molecular flexibility index (Phi) is 7.20. The SMILES string of the molecule is Cc1ccc(-c2nnc(NC(=O)C(NS(=O)(=O)c3cccc(C(F)(F)F)c3)C(C)C)s2)cc1. The molecule has 0 bridgehead atoms. The molecule has 2 aromatic carbocycles. The van der Waals surface area contributed by atoms with Crippen molar-refractivity contribution in [2.24, 2.45) is 5.92 Å². The lowest BCUT2D eigenvalue weighted by Gasteiger charge is -2.21. The second kappa shape index (κ2) is 9.57. The van der Waals surface area contributed by atoms with Gasteiger partial charge in [-0.15, -0.1) is 10.2 Å². The van der Waals surface area contributed by atoms with Gasteiger partial charge < -0.3 is 0 Å². The number of halogens is 3. The summed E-state index contributed by atoms with van der Waals surface area (Å²) >= 11 is 1.11. The monoisotopic (exact) mass is 498 g/mol. The number of carbonyl (C=O) groups excluding carboxylic acids is 1. The van der Waals surface area contributed by atoms with Gasteiger partial charge in [0.05, 0.1) is 10.5 Å². The van der Waals surface area contributed by atoms with Crippen molar-refractivity contribution in [2.45, 2.75) is 37.9 Å². The van der Waals surface area contributed by atoms with Crippen LogP contribution >= 0.6 is 11.3 Å². The highest BCUT2D eigenvalue weighted by atomic mass is 32.2. The minimum atomic E-state index is -4.70. The molecule has 1 unspecified atom stereocenters. The molecule has 0 aliphatic rings. The molecule has 1 heterocycles. The zero-order valence-electron chi connectivity index (χ0n) is 17.8. The van der Waals surface area contributed by atoms with E-state index in [1.54, 1.807) is 13.8 Å². The minimum Gasteiger partial charge on any atom is -0.299 e. The van der Waals surface area contributed by atoms with Crippen LogP contribution in [0, 0.1) is 12.8 Å². The van der Waals surface area contributed by atoms with E-state index >= 15 is 0 Å². The Morgan fingerprint density at radius 1 is 1.06 bits per heavy atom. The van der Waals surface area contributed by atoms with E-state index in [0.29, 0.717) is 11.1 Å². The molecule has 1 atom stereocenters. The summed E-state index contributed by atoms with van der Waals surface area (Å²) in [4.78, 5) is 12.2. The van der Waals surface area contributed by atoms with Crippen molar-refractivity contribution < 1.29 is 26.4 Å². The number of benzene rings is 2. The lowest BCUT2D eigenvalue weighted by Crippen LogP contribution is -2.47. The number of aryl methyl sites for hydroxylation is 1. The lowest BCUT2D eigenvalue weighted by atomic mass is 10.1. The molecule has 0 saturated carbocycles. The molecule has 1 amide bonds. The summed E-state index contributed by atoms with van der Waals surface area (Å²) in [6.45, 7) is 5.16. The molecule has 3 aromatic rings. The first kappa shape index (κ1) is 24.8. The number of nitrogens with one attached hydrogen (secondary N) is 2. The summed E-state index contributed by atoms with van der Waals surface area (Å²) < 4.78 is 66.5. The molecule has 0 saturated heterocycles. The molecule has 0 fully saturated rings. The van der Waals surface area contributed by atoms with Gasteiger partial charge in [-0.25, -0.2) is 8.42 Å². The third kappa shape index (κ3) is 6.15. The fourth-order valence-electron chi connectivity index (χ4n) is 2.84. The maximum atomic E-state index is 13.0. The zero-order valence-corrected chi connectivity index (χ0v) is 19.5. The number of hydrogen-bond donors (Lipinski definition) is 2. The van der Waals surface area contributed by atoms with Crippen molar-refractivity contribution in [3.63, 3.8) is 0 Å². The lowest BCUT2D eigenvalue weighted by molar-refractivity contribution is -0.137. The van der Waals surface area contributed by atoms with E-state index in [1.165, 1.54) is 0 Å². The standard InChI is InChI=1S/C21H21F3N4O3S2/c1-12(2)17(28-33(30,31)16-6-4-5-15(11-16)21(22,23)24)18(29)25-20-27-26-19(32-20)14-9-7-13(3)8-10-14/h4-12,17,28H,1-3H3,(H,25,27,29). The number of hydrogen-bond acceptors (Lipinski definition) is 6. The topological polar surface area (TPSA) is 101 Å². The van der Waals surface area contributed by atoms with Crippen LogP contribution < -0.4 is 10.0 Å². The summed E-state index contributed by atoms with van der Waals surface area (Å²) in [5, 5.41) is 11.2. The fraction of sp³-hybridized carbons (Fsp3) is 0.286. The van der Waals surface area contributed by atoms with Crippen LogP contribution in [0.25, 0.3) is 10.6 Å². The molecule has 1 aromatic heterocycles. The molecule has 12 heteroatoms. The highest BCUT2D eigenvalue weighted by Crippen LogP contribution is 2.31. The van der Waals surface area contributed by atoms with E-state index in [1.807, 2.05) is 31.2 Å². The first-order valence-electron chi connectivity index (χ1n) is 9.78. The van der Waals surface area contributed by atoms with Gasteiger partial charge in [-0.3, -0.25) is 10.1 Å². The summed E-state index contributed by atoms with van der Waals surface area (Å²) in [6.07, 6.45) is -4.70. The van der Waals surface area contributed by atoms with E-state index in [4.69, 9.17) is 0 Å². The van der Waals surface area contributed by atoms with Crippen LogP contribution in [-0.4, -0.2) is 30.6 Å². The first-order valence-corrected chi connectivity index (χ1v) is 12.1. The molecule has 0 aliphatic carbocycles. The van der Waals surface area contributed by atoms with Crippen LogP contribution in [0.15, 0.2) is 53.4 Å². The smallest absolute Gasteiger partial charge is 0.299 e. The van der Waals surface area contributed by atoms with Gasteiger partial charge in [0.15, 0.2) is 0 Å². The number of alkyl halides is 3. The van der Waals surface area contributed by atoms with Gasteiger partial charge in [-0.2, -0.15) is 17.9 Å². The van der Waals surface area contributed by atoms with Crippen molar-refractivity contribution in [2.75, 3.05) is 5.32 Å². The summed E-state index contributed by atoms with van der Waals surface area (Å²) in [6, 6.07) is 9.61. The Hall–Kier alpha value is -2.83. The van der Waals surface area contributed by atoms with Crippen LogP contribution in [0.4, 0.5) is 18.3 Å². The largest absolute Gasteiger partial charge is 0.416 e. The van der Waals surface area contributed by atoms with Crippen molar-refractivity contribution in [3.8, 4) is 10.6 Å². The Morgan fingerprint density at radius 2 is 1.73 bits per heavy atom. The van der Waals surface area contributed by atoms with Gasteiger partial charge in [0.25, 0.3) is 0 Å². The van der Waals surface area contributed by atoms with Gasteiger partial charge in [-0.1, -0.05) is 61.1 Å². The maximum Gasteiger partial charge on any atom is 0.416 e. The van der Waals surface area contributed by atoms with Gasteiger partial charge >= 0.3 is 6.18 Å². The van der Waals surface area contributed by atoms with Crippen LogP contribution in [0.5, 0.6) is 0 Å². The average Bonchev–Trinajstić information content (AvgIpc) is 3.20.